The van der Waals surface area contributed by atoms with E-state index in [4.69, 9.17) is 9.84 Å². The Balaban J connectivity index is 1.92. The van der Waals surface area contributed by atoms with Gasteiger partial charge in [-0.2, -0.15) is 0 Å². The summed E-state index contributed by atoms with van der Waals surface area (Å²) in [5.41, 5.74) is 0.283. The van der Waals surface area contributed by atoms with Gasteiger partial charge in [0.25, 0.3) is 0 Å². The predicted molar refractivity (Wildman–Crippen MR) is 51.3 cm³/mol. The highest BCUT2D eigenvalue weighted by molar-refractivity contribution is 5.65. The number of piperidine rings is 1. The normalized spacial score (nSPS) is 30.9. The van der Waals surface area contributed by atoms with Crippen molar-refractivity contribution in [1.82, 2.24) is 4.90 Å². The topological polar surface area (TPSA) is 49.8 Å². The molecular weight excluding hydrogens is 182 g/mol. The van der Waals surface area contributed by atoms with E-state index in [1.54, 1.807) is 0 Å². The van der Waals surface area contributed by atoms with Crippen LogP contribution < -0.4 is 0 Å². The van der Waals surface area contributed by atoms with E-state index in [1.807, 2.05) is 0 Å². The lowest BCUT2D eigenvalue weighted by Crippen LogP contribution is -2.42. The third-order valence-electron chi connectivity index (χ3n) is 3.49. The molecule has 0 aliphatic carbocycles. The molecule has 14 heavy (non-hydrogen) atoms. The second-order valence-electron chi connectivity index (χ2n) is 4.60. The first kappa shape index (κ1) is 9.77. The molecule has 80 valence electrons. The second kappa shape index (κ2) is 3.42. The van der Waals surface area contributed by atoms with Gasteiger partial charge in [0.05, 0.1) is 12.7 Å². The third kappa shape index (κ3) is 1.71. The molecule has 2 rings (SSSR count). The minimum Gasteiger partial charge on any atom is -0.465 e. The zero-order chi connectivity index (χ0) is 10.2. The summed E-state index contributed by atoms with van der Waals surface area (Å²) in [5, 5.41) is 8.82. The molecule has 1 spiro atoms. The number of carboxylic acid groups (broad SMARTS) is 1. The summed E-state index contributed by atoms with van der Waals surface area (Å²) in [6, 6.07) is 0. The molecule has 1 N–H and O–H groups in total. The van der Waals surface area contributed by atoms with Gasteiger partial charge in [-0.25, -0.2) is 4.79 Å². The lowest BCUT2D eigenvalue weighted by atomic mass is 9.77. The first-order chi connectivity index (χ1) is 6.61. The van der Waals surface area contributed by atoms with E-state index < -0.39 is 6.09 Å². The fourth-order valence-electron chi connectivity index (χ4n) is 2.57. The summed E-state index contributed by atoms with van der Waals surface area (Å²) in [4.78, 5) is 12.2. The van der Waals surface area contributed by atoms with Crippen LogP contribution in [-0.2, 0) is 4.74 Å². The maximum Gasteiger partial charge on any atom is 0.407 e. The van der Waals surface area contributed by atoms with Gasteiger partial charge in [-0.15, -0.1) is 0 Å². The molecule has 2 aliphatic heterocycles. The largest absolute Gasteiger partial charge is 0.465 e. The molecule has 4 nitrogen and oxygen atoms in total. The molecule has 0 aromatic carbocycles. The lowest BCUT2D eigenvalue weighted by Gasteiger charge is -2.37. The van der Waals surface area contributed by atoms with Crippen molar-refractivity contribution in [2.75, 3.05) is 19.7 Å². The quantitative estimate of drug-likeness (QED) is 0.644. The van der Waals surface area contributed by atoms with Gasteiger partial charge >= 0.3 is 6.09 Å². The minimum atomic E-state index is -0.785. The molecule has 0 aromatic heterocycles. The smallest absolute Gasteiger partial charge is 0.407 e. The van der Waals surface area contributed by atoms with Gasteiger partial charge in [-0.1, -0.05) is 0 Å². The molecule has 1 unspecified atom stereocenters. The number of ether oxygens (including phenoxy) is 1. The third-order valence-corrected chi connectivity index (χ3v) is 3.49. The van der Waals surface area contributed by atoms with Crippen LogP contribution in [0.4, 0.5) is 4.79 Å². The highest BCUT2D eigenvalue weighted by Gasteiger charge is 2.41. The van der Waals surface area contributed by atoms with E-state index in [1.165, 1.54) is 4.90 Å². The fourth-order valence-corrected chi connectivity index (χ4v) is 2.57. The van der Waals surface area contributed by atoms with Crippen LogP contribution in [0.1, 0.15) is 26.2 Å². The van der Waals surface area contributed by atoms with Crippen molar-refractivity contribution in [2.24, 2.45) is 5.41 Å². The molecular formula is C10H17NO3. The van der Waals surface area contributed by atoms with Gasteiger partial charge in [0.1, 0.15) is 0 Å². The summed E-state index contributed by atoms with van der Waals surface area (Å²) >= 11 is 0. The number of amides is 1. The summed E-state index contributed by atoms with van der Waals surface area (Å²) in [6.07, 6.45) is 2.59. The van der Waals surface area contributed by atoms with E-state index in [-0.39, 0.29) is 5.41 Å². The Kier molecular flexibility index (Phi) is 2.39. The zero-order valence-electron chi connectivity index (χ0n) is 8.53. The average molecular weight is 199 g/mol. The van der Waals surface area contributed by atoms with Crippen LogP contribution in [0, 0.1) is 5.41 Å². The number of carbonyl (C=O) groups is 1. The van der Waals surface area contributed by atoms with Crippen molar-refractivity contribution in [3.05, 3.63) is 0 Å². The van der Waals surface area contributed by atoms with Crippen LogP contribution >= 0.6 is 0 Å². The van der Waals surface area contributed by atoms with Crippen molar-refractivity contribution < 1.29 is 14.6 Å². The molecule has 0 bridgehead atoms. The van der Waals surface area contributed by atoms with Gasteiger partial charge in [-0.05, 0) is 31.6 Å². The van der Waals surface area contributed by atoms with Crippen LogP contribution in [0.2, 0.25) is 0 Å². The minimum absolute atomic E-state index is 0.283. The Hall–Kier alpha value is -0.770. The summed E-state index contributed by atoms with van der Waals surface area (Å²) < 4.78 is 5.58. The van der Waals surface area contributed by atoms with E-state index in [2.05, 4.69) is 6.92 Å². The molecule has 2 saturated heterocycles. The standard InChI is InChI=1S/C10H17NO3/c1-8-6-10(7-14-8)2-4-11(5-3-10)9(12)13/h8H,2-7H2,1H3,(H,12,13). The number of hydrogen-bond acceptors (Lipinski definition) is 2. The Bertz CT molecular complexity index is 234. The molecule has 0 radical (unpaired) electrons. The van der Waals surface area contributed by atoms with Crippen LogP contribution in [0.5, 0.6) is 0 Å². The number of likely N-dealkylation sites (tertiary alicyclic amines) is 1. The molecule has 2 aliphatic rings. The highest BCUT2D eigenvalue weighted by Crippen LogP contribution is 2.41. The first-order valence-electron chi connectivity index (χ1n) is 5.21. The molecule has 0 aromatic rings. The molecule has 1 amide bonds. The Morgan fingerprint density at radius 2 is 2.14 bits per heavy atom. The molecule has 2 heterocycles. The molecule has 1 atom stereocenters. The fraction of sp³-hybridized carbons (Fsp3) is 0.900. The van der Waals surface area contributed by atoms with E-state index in [0.29, 0.717) is 19.2 Å². The highest BCUT2D eigenvalue weighted by atomic mass is 16.5. The van der Waals surface area contributed by atoms with E-state index >= 15 is 0 Å². The van der Waals surface area contributed by atoms with E-state index in [9.17, 15) is 4.79 Å². The predicted octanol–water partition coefficient (Wildman–Crippen LogP) is 1.56. The number of hydrogen-bond donors (Lipinski definition) is 1. The van der Waals surface area contributed by atoms with Crippen molar-refractivity contribution in [2.45, 2.75) is 32.3 Å². The summed E-state index contributed by atoms with van der Waals surface area (Å²) in [7, 11) is 0. The lowest BCUT2D eigenvalue weighted by molar-refractivity contribution is 0.0664. The van der Waals surface area contributed by atoms with Gasteiger partial charge in [0, 0.05) is 13.1 Å². The van der Waals surface area contributed by atoms with Crippen LogP contribution in [-0.4, -0.2) is 41.9 Å². The van der Waals surface area contributed by atoms with Crippen molar-refractivity contribution in [3.8, 4) is 0 Å². The first-order valence-corrected chi connectivity index (χ1v) is 5.21. The number of nitrogens with zero attached hydrogens (tertiary/aromatic N) is 1. The van der Waals surface area contributed by atoms with Gasteiger partial charge < -0.3 is 14.7 Å². The second-order valence-corrected chi connectivity index (χ2v) is 4.60. The van der Waals surface area contributed by atoms with Crippen LogP contribution in [0.25, 0.3) is 0 Å². The van der Waals surface area contributed by atoms with Crippen molar-refractivity contribution in [3.63, 3.8) is 0 Å². The number of rotatable bonds is 0. The molecule has 0 saturated carbocycles. The van der Waals surface area contributed by atoms with Crippen molar-refractivity contribution in [1.29, 1.82) is 0 Å². The Labute approximate surface area is 83.8 Å². The van der Waals surface area contributed by atoms with Crippen molar-refractivity contribution >= 4 is 6.09 Å². The molecule has 2 fully saturated rings. The SMILES string of the molecule is CC1CC2(CCN(C(=O)O)CC2)CO1. The Morgan fingerprint density at radius 3 is 2.57 bits per heavy atom. The maximum atomic E-state index is 10.7. The maximum absolute atomic E-state index is 10.7. The summed E-state index contributed by atoms with van der Waals surface area (Å²) in [6.45, 7) is 4.26. The van der Waals surface area contributed by atoms with Crippen LogP contribution in [0.15, 0.2) is 0 Å². The van der Waals surface area contributed by atoms with Gasteiger partial charge in [0.2, 0.25) is 0 Å². The van der Waals surface area contributed by atoms with Gasteiger partial charge in [0.15, 0.2) is 0 Å². The zero-order valence-corrected chi connectivity index (χ0v) is 8.53. The Morgan fingerprint density at radius 1 is 1.50 bits per heavy atom. The summed E-state index contributed by atoms with van der Waals surface area (Å²) in [5.74, 6) is 0. The van der Waals surface area contributed by atoms with E-state index in [0.717, 1.165) is 25.9 Å². The monoisotopic (exact) mass is 199 g/mol. The average Bonchev–Trinajstić information content (AvgIpc) is 2.48. The van der Waals surface area contributed by atoms with Gasteiger partial charge in [-0.3, -0.25) is 0 Å². The van der Waals surface area contributed by atoms with Crippen LogP contribution in [0.3, 0.4) is 0 Å². The molecule has 4 heteroatoms.